The Kier molecular flexibility index (Phi) is 5.94. The Hall–Kier alpha value is -1.47. The largest absolute Gasteiger partial charge is 0.395 e. The van der Waals surface area contributed by atoms with Gasteiger partial charge in [0, 0.05) is 23.9 Å². The van der Waals surface area contributed by atoms with Crippen molar-refractivity contribution in [1.82, 2.24) is 4.98 Å². The van der Waals surface area contributed by atoms with Crippen LogP contribution in [-0.2, 0) is 5.75 Å². The highest BCUT2D eigenvalue weighted by Gasteiger charge is 2.02. The van der Waals surface area contributed by atoms with Crippen LogP contribution in [0.15, 0.2) is 47.6 Å². The number of hydrogen-bond donors (Lipinski definition) is 1. The summed E-state index contributed by atoms with van der Waals surface area (Å²) in [5.41, 5.74) is 2.16. The highest BCUT2D eigenvalue weighted by atomic mass is 35.5. The molecule has 0 aliphatic rings. The molecular formula is C16H14ClNOS. The van der Waals surface area contributed by atoms with E-state index in [1.807, 2.05) is 36.4 Å². The number of hydrogen-bond acceptors (Lipinski definition) is 3. The van der Waals surface area contributed by atoms with Crippen LogP contribution in [0, 0.1) is 11.8 Å². The van der Waals surface area contributed by atoms with Crippen molar-refractivity contribution in [1.29, 1.82) is 0 Å². The molecule has 0 aliphatic heterocycles. The third-order valence-corrected chi connectivity index (χ3v) is 4.02. The number of benzene rings is 1. The Balaban J connectivity index is 1.95. The maximum absolute atomic E-state index is 8.67. The first-order chi connectivity index (χ1) is 9.79. The Bertz CT molecular complexity index is 616. The van der Waals surface area contributed by atoms with Crippen molar-refractivity contribution >= 4 is 23.4 Å². The number of aliphatic hydroxyl groups is 1. The number of aliphatic hydroxyl groups excluding tert-OH is 1. The fraction of sp³-hybridized carbons (Fsp3) is 0.188. The van der Waals surface area contributed by atoms with E-state index in [0.29, 0.717) is 11.4 Å². The summed E-state index contributed by atoms with van der Waals surface area (Å²) < 4.78 is 0. The standard InChI is InChI=1S/C16H14ClNOS/c17-15-5-3-10-18-16(15)20-12-14-8-6-13(7-9-14)4-1-2-11-19/h3,5-10,19H,2,11-12H2. The van der Waals surface area contributed by atoms with Gasteiger partial charge in [0.15, 0.2) is 0 Å². The van der Waals surface area contributed by atoms with Gasteiger partial charge in [-0.3, -0.25) is 0 Å². The van der Waals surface area contributed by atoms with E-state index in [2.05, 4.69) is 16.8 Å². The van der Waals surface area contributed by atoms with Crippen LogP contribution >= 0.6 is 23.4 Å². The molecule has 0 saturated heterocycles. The van der Waals surface area contributed by atoms with Crippen molar-refractivity contribution in [2.24, 2.45) is 0 Å². The molecule has 2 nitrogen and oxygen atoms in total. The summed E-state index contributed by atoms with van der Waals surface area (Å²) in [7, 11) is 0. The fourth-order valence-electron chi connectivity index (χ4n) is 1.53. The third-order valence-electron chi connectivity index (χ3n) is 2.52. The van der Waals surface area contributed by atoms with Crippen molar-refractivity contribution in [2.45, 2.75) is 17.2 Å². The lowest BCUT2D eigenvalue weighted by molar-refractivity contribution is 0.305. The maximum Gasteiger partial charge on any atom is 0.115 e. The molecule has 0 spiro atoms. The molecule has 1 aromatic carbocycles. The van der Waals surface area contributed by atoms with Gasteiger partial charge >= 0.3 is 0 Å². The van der Waals surface area contributed by atoms with Gasteiger partial charge in [0.05, 0.1) is 11.6 Å². The van der Waals surface area contributed by atoms with Crippen molar-refractivity contribution in [2.75, 3.05) is 6.61 Å². The minimum atomic E-state index is 0.104. The highest BCUT2D eigenvalue weighted by Crippen LogP contribution is 2.27. The summed E-state index contributed by atoms with van der Waals surface area (Å²) in [5.74, 6) is 6.73. The van der Waals surface area contributed by atoms with Gasteiger partial charge in [0.25, 0.3) is 0 Å². The Morgan fingerprint density at radius 3 is 2.70 bits per heavy atom. The molecule has 2 rings (SSSR count). The highest BCUT2D eigenvalue weighted by molar-refractivity contribution is 7.98. The van der Waals surface area contributed by atoms with Gasteiger partial charge in [0.2, 0.25) is 0 Å². The molecule has 0 bridgehead atoms. The maximum atomic E-state index is 8.67. The van der Waals surface area contributed by atoms with Crippen molar-refractivity contribution in [3.8, 4) is 11.8 Å². The average Bonchev–Trinajstić information content (AvgIpc) is 2.48. The summed E-state index contributed by atoms with van der Waals surface area (Å²) >= 11 is 7.68. The summed E-state index contributed by atoms with van der Waals surface area (Å²) in [6.45, 7) is 0.104. The smallest absolute Gasteiger partial charge is 0.115 e. The number of nitrogens with zero attached hydrogens (tertiary/aromatic N) is 1. The van der Waals surface area contributed by atoms with Gasteiger partial charge in [-0.2, -0.15) is 0 Å². The number of aromatic nitrogens is 1. The minimum absolute atomic E-state index is 0.104. The summed E-state index contributed by atoms with van der Waals surface area (Å²) in [5, 5.41) is 10.2. The third kappa shape index (κ3) is 4.57. The van der Waals surface area contributed by atoms with E-state index < -0.39 is 0 Å². The van der Waals surface area contributed by atoms with E-state index in [1.54, 1.807) is 18.0 Å². The van der Waals surface area contributed by atoms with Crippen LogP contribution in [0.1, 0.15) is 17.5 Å². The van der Waals surface area contributed by atoms with Crippen LogP contribution in [0.4, 0.5) is 0 Å². The molecule has 2 aromatic rings. The van der Waals surface area contributed by atoms with Gasteiger partial charge in [-0.25, -0.2) is 4.98 Å². The lowest BCUT2D eigenvalue weighted by atomic mass is 10.1. The zero-order valence-corrected chi connectivity index (χ0v) is 12.4. The van der Waals surface area contributed by atoms with Gasteiger partial charge in [-0.15, -0.1) is 11.8 Å². The minimum Gasteiger partial charge on any atom is -0.395 e. The molecule has 1 heterocycles. The second-order valence-corrected chi connectivity index (χ2v) is 5.42. The molecule has 1 aromatic heterocycles. The van der Waals surface area contributed by atoms with Crippen LogP contribution in [-0.4, -0.2) is 16.7 Å². The molecule has 0 unspecified atom stereocenters. The number of rotatable bonds is 4. The van der Waals surface area contributed by atoms with Crippen LogP contribution in [0.3, 0.4) is 0 Å². The molecular weight excluding hydrogens is 290 g/mol. The number of pyridine rings is 1. The second-order valence-electron chi connectivity index (χ2n) is 4.05. The summed E-state index contributed by atoms with van der Waals surface area (Å²) in [6.07, 6.45) is 2.25. The van der Waals surface area contributed by atoms with Crippen LogP contribution < -0.4 is 0 Å². The molecule has 0 atom stereocenters. The molecule has 0 amide bonds. The van der Waals surface area contributed by atoms with Crippen molar-refractivity contribution in [3.63, 3.8) is 0 Å². The monoisotopic (exact) mass is 303 g/mol. The van der Waals surface area contributed by atoms with Gasteiger partial charge in [-0.1, -0.05) is 35.6 Å². The lowest BCUT2D eigenvalue weighted by Crippen LogP contribution is -1.85. The normalized spacial score (nSPS) is 9.90. The zero-order chi connectivity index (χ0) is 14.2. The van der Waals surface area contributed by atoms with E-state index in [1.165, 1.54) is 5.56 Å². The first-order valence-electron chi connectivity index (χ1n) is 6.21. The molecule has 0 radical (unpaired) electrons. The predicted molar refractivity (Wildman–Crippen MR) is 83.8 cm³/mol. The van der Waals surface area contributed by atoms with E-state index >= 15 is 0 Å². The van der Waals surface area contributed by atoms with Gasteiger partial charge in [-0.05, 0) is 29.8 Å². The number of thioether (sulfide) groups is 1. The molecule has 4 heteroatoms. The second kappa shape index (κ2) is 7.96. The molecule has 102 valence electrons. The zero-order valence-electron chi connectivity index (χ0n) is 10.8. The van der Waals surface area contributed by atoms with E-state index in [-0.39, 0.29) is 6.61 Å². The topological polar surface area (TPSA) is 33.1 Å². The average molecular weight is 304 g/mol. The molecule has 0 saturated carbocycles. The van der Waals surface area contributed by atoms with E-state index in [9.17, 15) is 0 Å². The van der Waals surface area contributed by atoms with E-state index in [4.69, 9.17) is 16.7 Å². The van der Waals surface area contributed by atoms with Crippen molar-refractivity contribution in [3.05, 3.63) is 58.7 Å². The SMILES string of the molecule is OCCC#Cc1ccc(CSc2ncccc2Cl)cc1. The number of halogens is 1. The fourth-order valence-corrected chi connectivity index (χ4v) is 2.66. The molecule has 20 heavy (non-hydrogen) atoms. The predicted octanol–water partition coefficient (Wildman–Crippen LogP) is 3.76. The quantitative estimate of drug-likeness (QED) is 0.689. The first-order valence-corrected chi connectivity index (χ1v) is 7.58. The van der Waals surface area contributed by atoms with Crippen LogP contribution in [0.5, 0.6) is 0 Å². The van der Waals surface area contributed by atoms with E-state index in [0.717, 1.165) is 16.3 Å². The molecule has 0 aliphatic carbocycles. The summed E-state index contributed by atoms with van der Waals surface area (Å²) in [6, 6.07) is 11.7. The summed E-state index contributed by atoms with van der Waals surface area (Å²) in [4.78, 5) is 4.25. The Labute approximate surface area is 128 Å². The van der Waals surface area contributed by atoms with Crippen LogP contribution in [0.2, 0.25) is 5.02 Å². The lowest BCUT2D eigenvalue weighted by Gasteiger charge is -2.03. The first kappa shape index (κ1) is 14.9. The molecule has 0 fully saturated rings. The Morgan fingerprint density at radius 1 is 1.20 bits per heavy atom. The van der Waals surface area contributed by atoms with Crippen LogP contribution in [0.25, 0.3) is 0 Å². The Morgan fingerprint density at radius 2 is 2.00 bits per heavy atom. The van der Waals surface area contributed by atoms with Crippen molar-refractivity contribution < 1.29 is 5.11 Å². The van der Waals surface area contributed by atoms with Gasteiger partial charge in [0.1, 0.15) is 5.03 Å². The van der Waals surface area contributed by atoms with Gasteiger partial charge < -0.3 is 5.11 Å². The molecule has 1 N–H and O–H groups in total.